The van der Waals surface area contributed by atoms with Gasteiger partial charge >= 0.3 is 12.1 Å². The van der Waals surface area contributed by atoms with E-state index in [-0.39, 0.29) is 36.3 Å². The summed E-state index contributed by atoms with van der Waals surface area (Å²) in [7, 11) is -4.07. The first-order valence-corrected chi connectivity index (χ1v) is 11.5. The minimum atomic E-state index is -4.07. The lowest BCUT2D eigenvalue weighted by molar-refractivity contribution is -0.158. The molecule has 0 bridgehead atoms. The Morgan fingerprint density at radius 2 is 1.97 bits per heavy atom. The maximum absolute atomic E-state index is 12.8. The van der Waals surface area contributed by atoms with E-state index in [4.69, 9.17) is 16.3 Å². The molecule has 14 heteroatoms. The number of nitrogens with zero attached hydrogens (tertiary/aromatic N) is 2. The summed E-state index contributed by atoms with van der Waals surface area (Å²) in [6, 6.07) is 0.827. The van der Waals surface area contributed by atoms with Gasteiger partial charge in [0.2, 0.25) is 5.91 Å². The van der Waals surface area contributed by atoms with Crippen molar-refractivity contribution in [2.45, 2.75) is 35.5 Å². The van der Waals surface area contributed by atoms with E-state index in [1.54, 1.807) is 0 Å². The standard InChI is InChI=1S/C18H20ClN3O9S/c1-18(15(16(26)27)22-11(24)4-12(22)32(18,29)30)7-31-17(28)21-5-8(6-21)20-9-2-3-10(23)14(25)13(9)19/h2-3,8,12,15,20,23,25H,4-7H2,1H3,(H,26,27)/t12-,15-,18+/m1/s1. The minimum absolute atomic E-state index is 0.0794. The molecule has 0 radical (unpaired) electrons. The molecule has 32 heavy (non-hydrogen) atoms. The SMILES string of the molecule is C[C@]1(COC(=O)N2CC(Nc3ccc(O)c(O)c3Cl)C2)[C@@H](C(=O)O)N2C(=O)C[C@H]2S1(=O)=O. The van der Waals surface area contributed by atoms with Crippen molar-refractivity contribution in [3.05, 3.63) is 17.2 Å². The second kappa shape index (κ2) is 7.30. The van der Waals surface area contributed by atoms with Crippen LogP contribution in [0.2, 0.25) is 5.02 Å². The van der Waals surface area contributed by atoms with Crippen molar-refractivity contribution in [1.29, 1.82) is 0 Å². The number of carboxylic acids is 1. The number of likely N-dealkylation sites (tertiary alicyclic amines) is 1. The third-order valence-electron chi connectivity index (χ3n) is 6.12. The molecule has 1 aromatic rings. The van der Waals surface area contributed by atoms with Crippen molar-refractivity contribution in [1.82, 2.24) is 9.80 Å². The summed E-state index contributed by atoms with van der Waals surface area (Å²) in [5, 5.41) is 30.3. The second-order valence-electron chi connectivity index (χ2n) is 8.15. The number of hydrogen-bond donors (Lipinski definition) is 4. The number of aromatic hydroxyl groups is 2. The Balaban J connectivity index is 1.37. The average Bonchev–Trinajstić information content (AvgIpc) is 2.83. The number of carbonyl (C=O) groups is 3. The van der Waals surface area contributed by atoms with Crippen LogP contribution in [-0.2, 0) is 24.2 Å². The summed E-state index contributed by atoms with van der Waals surface area (Å²) in [5.41, 5.74) is 0.350. The van der Waals surface area contributed by atoms with Crippen LogP contribution in [0, 0.1) is 0 Å². The number of phenolic OH excluding ortho intramolecular Hbond substituents is 2. The van der Waals surface area contributed by atoms with Crippen LogP contribution in [0.1, 0.15) is 13.3 Å². The van der Waals surface area contributed by atoms with Gasteiger partial charge in [0, 0.05) is 13.1 Å². The van der Waals surface area contributed by atoms with Crippen LogP contribution >= 0.6 is 11.6 Å². The Kier molecular flexibility index (Phi) is 5.08. The first kappa shape index (κ1) is 22.3. The van der Waals surface area contributed by atoms with Crippen LogP contribution < -0.4 is 5.32 Å². The largest absolute Gasteiger partial charge is 0.504 e. The predicted molar refractivity (Wildman–Crippen MR) is 109 cm³/mol. The lowest BCUT2D eigenvalue weighted by Crippen LogP contribution is -2.59. The number of halogens is 1. The molecule has 3 heterocycles. The van der Waals surface area contributed by atoms with E-state index >= 15 is 0 Å². The second-order valence-corrected chi connectivity index (χ2v) is 11.1. The molecular formula is C18H20ClN3O9S. The van der Waals surface area contributed by atoms with Crippen molar-refractivity contribution in [2.24, 2.45) is 0 Å². The molecule has 0 saturated carbocycles. The summed E-state index contributed by atoms with van der Waals surface area (Å²) >= 11 is 5.95. The number of ether oxygens (including phenoxy) is 1. The van der Waals surface area contributed by atoms with E-state index in [1.165, 1.54) is 24.0 Å². The average molecular weight is 490 g/mol. The number of benzene rings is 1. The molecule has 2 amide bonds. The number of β-lactam (4-membered cyclic amide) rings is 1. The number of nitrogens with one attached hydrogen (secondary N) is 1. The number of hydrogen-bond acceptors (Lipinski definition) is 9. The Hall–Kier alpha value is -2.93. The van der Waals surface area contributed by atoms with Crippen molar-refractivity contribution >= 4 is 45.1 Å². The monoisotopic (exact) mass is 489 g/mol. The summed E-state index contributed by atoms with van der Waals surface area (Å²) in [4.78, 5) is 38.0. The molecule has 174 valence electrons. The van der Waals surface area contributed by atoms with Gasteiger partial charge in [0.1, 0.15) is 21.8 Å². The number of anilines is 1. The number of fused-ring (bicyclic) bond motifs is 1. The van der Waals surface area contributed by atoms with Crippen LogP contribution in [-0.4, -0.2) is 93.4 Å². The van der Waals surface area contributed by atoms with E-state index in [0.29, 0.717) is 5.69 Å². The van der Waals surface area contributed by atoms with Crippen molar-refractivity contribution in [3.63, 3.8) is 0 Å². The quantitative estimate of drug-likeness (QED) is 0.254. The fraction of sp³-hybridized carbons (Fsp3) is 0.500. The summed E-state index contributed by atoms with van der Waals surface area (Å²) in [5.74, 6) is -2.91. The number of carboxylic acid groups (broad SMARTS) is 1. The normalized spacial score (nSPS) is 28.5. The molecule has 1 aromatic carbocycles. The Bertz CT molecular complexity index is 1120. The highest BCUT2D eigenvalue weighted by atomic mass is 35.5. The molecule has 3 atom stereocenters. The van der Waals surface area contributed by atoms with Crippen molar-refractivity contribution in [3.8, 4) is 11.5 Å². The molecule has 3 saturated heterocycles. The van der Waals surface area contributed by atoms with Crippen molar-refractivity contribution < 1.29 is 42.9 Å². The lowest BCUT2D eigenvalue weighted by atomic mass is 9.97. The summed E-state index contributed by atoms with van der Waals surface area (Å²) < 4.78 is 28.8. The highest BCUT2D eigenvalue weighted by Crippen LogP contribution is 2.46. The zero-order valence-electron chi connectivity index (χ0n) is 16.7. The van der Waals surface area contributed by atoms with Crippen LogP contribution in [0.15, 0.2) is 12.1 Å². The Labute approximate surface area is 187 Å². The number of carbonyl (C=O) groups excluding carboxylic acids is 2. The van der Waals surface area contributed by atoms with Crippen LogP contribution in [0.4, 0.5) is 10.5 Å². The molecule has 3 aliphatic rings. The molecule has 0 unspecified atom stereocenters. The zero-order chi connectivity index (χ0) is 23.6. The van der Waals surface area contributed by atoms with Gasteiger partial charge in [-0.15, -0.1) is 0 Å². The predicted octanol–water partition coefficient (Wildman–Crippen LogP) is 0.183. The third kappa shape index (κ3) is 3.10. The molecule has 0 spiro atoms. The van der Waals surface area contributed by atoms with Gasteiger partial charge < -0.3 is 35.2 Å². The number of phenols is 2. The molecule has 4 N–H and O–H groups in total. The maximum Gasteiger partial charge on any atom is 0.409 e. The zero-order valence-corrected chi connectivity index (χ0v) is 18.3. The molecule has 12 nitrogen and oxygen atoms in total. The van der Waals surface area contributed by atoms with Gasteiger partial charge in [-0.05, 0) is 19.1 Å². The Morgan fingerprint density at radius 3 is 2.56 bits per heavy atom. The van der Waals surface area contributed by atoms with Crippen LogP contribution in [0.5, 0.6) is 11.5 Å². The van der Waals surface area contributed by atoms with E-state index < -0.39 is 56.3 Å². The van der Waals surface area contributed by atoms with E-state index in [2.05, 4.69) is 5.32 Å². The van der Waals surface area contributed by atoms with Gasteiger partial charge in [-0.3, -0.25) is 4.79 Å². The minimum Gasteiger partial charge on any atom is -0.504 e. The molecule has 3 aliphatic heterocycles. The number of amides is 2. The Morgan fingerprint density at radius 1 is 1.31 bits per heavy atom. The smallest absolute Gasteiger partial charge is 0.409 e. The first-order valence-electron chi connectivity index (χ1n) is 9.54. The molecule has 3 fully saturated rings. The molecule has 0 aromatic heterocycles. The maximum atomic E-state index is 12.8. The molecule has 4 rings (SSSR count). The number of sulfone groups is 1. The van der Waals surface area contributed by atoms with E-state index in [9.17, 15) is 38.1 Å². The summed E-state index contributed by atoms with van der Waals surface area (Å²) in [6.45, 7) is 0.809. The number of rotatable bonds is 5. The fourth-order valence-electron chi connectivity index (χ4n) is 4.17. The van der Waals surface area contributed by atoms with Crippen LogP contribution in [0.3, 0.4) is 0 Å². The van der Waals surface area contributed by atoms with Crippen molar-refractivity contribution in [2.75, 3.05) is 25.0 Å². The highest BCUT2D eigenvalue weighted by molar-refractivity contribution is 7.94. The van der Waals surface area contributed by atoms with Gasteiger partial charge in [0.25, 0.3) is 0 Å². The topological polar surface area (TPSA) is 174 Å². The first-order chi connectivity index (χ1) is 14.9. The summed E-state index contributed by atoms with van der Waals surface area (Å²) in [6.07, 6.45) is -1.12. The third-order valence-corrected chi connectivity index (χ3v) is 9.26. The van der Waals surface area contributed by atoms with Gasteiger partial charge in [-0.25, -0.2) is 18.0 Å². The van der Waals surface area contributed by atoms with Gasteiger partial charge in [-0.2, -0.15) is 0 Å². The van der Waals surface area contributed by atoms with E-state index in [1.807, 2.05) is 0 Å². The van der Waals surface area contributed by atoms with Gasteiger partial charge in [-0.1, -0.05) is 11.6 Å². The fourth-order valence-corrected chi connectivity index (χ4v) is 6.66. The molecule has 0 aliphatic carbocycles. The van der Waals surface area contributed by atoms with Crippen LogP contribution in [0.25, 0.3) is 0 Å². The van der Waals surface area contributed by atoms with Gasteiger partial charge in [0.15, 0.2) is 27.4 Å². The van der Waals surface area contributed by atoms with E-state index in [0.717, 1.165) is 4.90 Å². The van der Waals surface area contributed by atoms with Gasteiger partial charge in [0.05, 0.1) is 18.2 Å². The highest BCUT2D eigenvalue weighted by Gasteiger charge is 2.70. The lowest BCUT2D eigenvalue weighted by Gasteiger charge is -2.40. The molecular weight excluding hydrogens is 470 g/mol. The number of aliphatic carboxylic acids is 1.